The molecule has 0 aliphatic carbocycles. The number of aliphatic hydroxyl groups is 1. The molecule has 0 aliphatic rings. The van der Waals surface area contributed by atoms with Crippen LogP contribution in [0.1, 0.15) is 6.92 Å². The van der Waals surface area contributed by atoms with E-state index in [0.717, 1.165) is 5.69 Å². The summed E-state index contributed by atoms with van der Waals surface area (Å²) in [6.07, 6.45) is -1.22. The van der Waals surface area contributed by atoms with E-state index in [1.165, 1.54) is 0 Å². The van der Waals surface area contributed by atoms with E-state index in [1.54, 1.807) is 31.2 Å². The Bertz CT molecular complexity index is 586. The van der Waals surface area contributed by atoms with Crippen LogP contribution < -0.4 is 9.64 Å². The van der Waals surface area contributed by atoms with Crippen LogP contribution in [0, 0.1) is 0 Å². The lowest BCUT2D eigenvalue weighted by Crippen LogP contribution is -2.34. The van der Waals surface area contributed by atoms with E-state index in [0.29, 0.717) is 18.8 Å². The molecule has 0 fully saturated rings. The number of carbonyl (C=O) groups excluding carboxylic acids is 1. The van der Waals surface area contributed by atoms with E-state index in [2.05, 4.69) is 0 Å². The smallest absolute Gasteiger partial charge is 0.432 e. The molecular weight excluding hydrogens is 294 g/mol. The average molecular weight is 315 g/mol. The van der Waals surface area contributed by atoms with Gasteiger partial charge in [-0.25, -0.2) is 4.79 Å². The third-order valence-corrected chi connectivity index (χ3v) is 3.13. The van der Waals surface area contributed by atoms with Gasteiger partial charge in [0.25, 0.3) is 0 Å². The molecule has 0 radical (unpaired) electrons. The van der Waals surface area contributed by atoms with Gasteiger partial charge in [0.15, 0.2) is 0 Å². The van der Waals surface area contributed by atoms with E-state index >= 15 is 0 Å². The fourth-order valence-corrected chi connectivity index (χ4v) is 2.14. The molecule has 1 atom stereocenters. The van der Waals surface area contributed by atoms with Gasteiger partial charge in [-0.05, 0) is 31.2 Å². The number of hydrogen-bond acceptors (Lipinski definition) is 5. The van der Waals surface area contributed by atoms with Crippen LogP contribution in [0.3, 0.4) is 0 Å². The highest BCUT2D eigenvalue weighted by Crippen LogP contribution is 2.14. The molecule has 0 spiro atoms. The molecule has 23 heavy (non-hydrogen) atoms. The van der Waals surface area contributed by atoms with Crippen molar-refractivity contribution >= 4 is 11.8 Å². The molecular formula is C18H21NO4. The standard InChI is InChI=1S/C18H21NO4/c1-15(20)14-19(16-8-4-2-5-9-16)12-13-22-18(21)23-17-10-6-3-7-11-17/h2-11,15,20H,12-14H2,1H3. The van der Waals surface area contributed by atoms with E-state index in [4.69, 9.17) is 9.47 Å². The lowest BCUT2D eigenvalue weighted by molar-refractivity contribution is 0.101. The zero-order valence-electron chi connectivity index (χ0n) is 13.1. The molecule has 5 heteroatoms. The van der Waals surface area contributed by atoms with Crippen LogP contribution in [0.15, 0.2) is 60.7 Å². The highest BCUT2D eigenvalue weighted by molar-refractivity contribution is 5.63. The summed E-state index contributed by atoms with van der Waals surface area (Å²) in [5.74, 6) is 0.446. The van der Waals surface area contributed by atoms with Crippen LogP contribution in [-0.2, 0) is 4.74 Å². The van der Waals surface area contributed by atoms with Gasteiger partial charge in [-0.2, -0.15) is 0 Å². The molecule has 0 bridgehead atoms. The summed E-state index contributed by atoms with van der Waals surface area (Å²) in [7, 11) is 0. The summed E-state index contributed by atoms with van der Waals surface area (Å²) in [6, 6.07) is 18.4. The minimum Gasteiger partial charge on any atom is -0.432 e. The maximum Gasteiger partial charge on any atom is 0.513 e. The van der Waals surface area contributed by atoms with Crippen molar-refractivity contribution in [3.63, 3.8) is 0 Å². The maximum atomic E-state index is 11.6. The van der Waals surface area contributed by atoms with Crippen LogP contribution in [-0.4, -0.2) is 37.1 Å². The first-order valence-electron chi connectivity index (χ1n) is 7.53. The molecule has 2 rings (SSSR count). The zero-order valence-corrected chi connectivity index (χ0v) is 13.1. The number of anilines is 1. The Labute approximate surface area is 136 Å². The fraction of sp³-hybridized carbons (Fsp3) is 0.278. The summed E-state index contributed by atoms with van der Waals surface area (Å²) in [5.41, 5.74) is 0.966. The van der Waals surface area contributed by atoms with Crippen molar-refractivity contribution in [1.29, 1.82) is 0 Å². The molecule has 0 aromatic heterocycles. The first kappa shape index (κ1) is 16.8. The molecule has 0 saturated heterocycles. The second-order valence-corrected chi connectivity index (χ2v) is 5.14. The number of carbonyl (C=O) groups is 1. The highest BCUT2D eigenvalue weighted by Gasteiger charge is 2.11. The highest BCUT2D eigenvalue weighted by atomic mass is 16.7. The Kier molecular flexibility index (Phi) is 6.44. The van der Waals surface area contributed by atoms with Crippen molar-refractivity contribution < 1.29 is 19.4 Å². The Balaban J connectivity index is 1.83. The van der Waals surface area contributed by atoms with Crippen molar-refractivity contribution in [3.05, 3.63) is 60.7 Å². The molecule has 2 aromatic carbocycles. The van der Waals surface area contributed by atoms with Crippen LogP contribution in [0.5, 0.6) is 5.75 Å². The first-order valence-corrected chi connectivity index (χ1v) is 7.53. The van der Waals surface area contributed by atoms with Gasteiger partial charge in [0.05, 0.1) is 12.6 Å². The van der Waals surface area contributed by atoms with E-state index in [9.17, 15) is 9.90 Å². The predicted octanol–water partition coefficient (Wildman–Crippen LogP) is 3.09. The van der Waals surface area contributed by atoms with Crippen molar-refractivity contribution in [2.75, 3.05) is 24.6 Å². The molecule has 2 aromatic rings. The Hall–Kier alpha value is -2.53. The molecule has 5 nitrogen and oxygen atoms in total. The number of benzene rings is 2. The first-order chi connectivity index (χ1) is 11.1. The van der Waals surface area contributed by atoms with Crippen molar-refractivity contribution in [2.45, 2.75) is 13.0 Å². The van der Waals surface area contributed by atoms with Crippen LogP contribution in [0.4, 0.5) is 10.5 Å². The van der Waals surface area contributed by atoms with Gasteiger partial charge in [0.2, 0.25) is 0 Å². The number of ether oxygens (including phenoxy) is 2. The number of nitrogens with zero attached hydrogens (tertiary/aromatic N) is 1. The van der Waals surface area contributed by atoms with Crippen LogP contribution in [0.25, 0.3) is 0 Å². The number of para-hydroxylation sites is 2. The Morgan fingerprint density at radius 1 is 1.09 bits per heavy atom. The van der Waals surface area contributed by atoms with Crippen molar-refractivity contribution in [2.24, 2.45) is 0 Å². The molecule has 1 N–H and O–H groups in total. The summed E-state index contributed by atoms with van der Waals surface area (Å²) in [5, 5.41) is 9.61. The average Bonchev–Trinajstić information content (AvgIpc) is 2.55. The van der Waals surface area contributed by atoms with Gasteiger partial charge in [-0.15, -0.1) is 0 Å². The summed E-state index contributed by atoms with van der Waals surface area (Å²) in [6.45, 7) is 2.83. The monoisotopic (exact) mass is 315 g/mol. The minimum atomic E-state index is -0.735. The van der Waals surface area contributed by atoms with Gasteiger partial charge in [0, 0.05) is 12.2 Å². The summed E-state index contributed by atoms with van der Waals surface area (Å²) >= 11 is 0. The number of hydrogen-bond donors (Lipinski definition) is 1. The van der Waals surface area contributed by atoms with Crippen LogP contribution in [0.2, 0.25) is 0 Å². The van der Waals surface area contributed by atoms with Crippen LogP contribution >= 0.6 is 0 Å². The molecule has 0 amide bonds. The van der Waals surface area contributed by atoms with Gasteiger partial charge in [-0.3, -0.25) is 0 Å². The minimum absolute atomic E-state index is 0.174. The van der Waals surface area contributed by atoms with Crippen molar-refractivity contribution in [3.8, 4) is 5.75 Å². The van der Waals surface area contributed by atoms with E-state index < -0.39 is 12.3 Å². The SMILES string of the molecule is CC(O)CN(CCOC(=O)Oc1ccccc1)c1ccccc1. The van der Waals surface area contributed by atoms with E-state index in [1.807, 2.05) is 41.3 Å². The van der Waals surface area contributed by atoms with Gasteiger partial charge >= 0.3 is 6.16 Å². The quantitative estimate of drug-likeness (QED) is 0.628. The normalized spacial score (nSPS) is 11.6. The summed E-state index contributed by atoms with van der Waals surface area (Å²) < 4.78 is 10.1. The van der Waals surface area contributed by atoms with Gasteiger partial charge in [0.1, 0.15) is 12.4 Å². The molecule has 0 saturated carbocycles. The topological polar surface area (TPSA) is 59.0 Å². The fourth-order valence-electron chi connectivity index (χ4n) is 2.14. The molecule has 0 heterocycles. The lowest BCUT2D eigenvalue weighted by atomic mass is 10.2. The van der Waals surface area contributed by atoms with Gasteiger partial charge < -0.3 is 19.5 Å². The lowest BCUT2D eigenvalue weighted by Gasteiger charge is -2.25. The molecule has 0 aliphatic heterocycles. The third-order valence-electron chi connectivity index (χ3n) is 3.13. The molecule has 1 unspecified atom stereocenters. The molecule has 122 valence electrons. The third kappa shape index (κ3) is 6.00. The number of aliphatic hydroxyl groups excluding tert-OH is 1. The largest absolute Gasteiger partial charge is 0.513 e. The van der Waals surface area contributed by atoms with Crippen molar-refractivity contribution in [1.82, 2.24) is 0 Å². The Morgan fingerprint density at radius 2 is 1.70 bits per heavy atom. The second kappa shape index (κ2) is 8.80. The maximum absolute atomic E-state index is 11.6. The Morgan fingerprint density at radius 3 is 2.30 bits per heavy atom. The van der Waals surface area contributed by atoms with Gasteiger partial charge in [-0.1, -0.05) is 36.4 Å². The zero-order chi connectivity index (χ0) is 16.5. The number of rotatable bonds is 7. The second-order valence-electron chi connectivity index (χ2n) is 5.14. The predicted molar refractivity (Wildman–Crippen MR) is 88.8 cm³/mol. The summed E-state index contributed by atoms with van der Waals surface area (Å²) in [4.78, 5) is 13.6. The van der Waals surface area contributed by atoms with E-state index in [-0.39, 0.29) is 6.61 Å².